The van der Waals surface area contributed by atoms with Gasteiger partial charge in [-0.15, -0.1) is 0 Å². The van der Waals surface area contributed by atoms with Crippen molar-refractivity contribution in [2.45, 2.75) is 25.8 Å². The third kappa shape index (κ3) is 4.28. The molecule has 146 valence electrons. The molecule has 4 N–H and O–H groups in total. The molecule has 3 amide bonds. The van der Waals surface area contributed by atoms with Crippen LogP contribution in [0.5, 0.6) is 5.75 Å². The molecule has 1 aliphatic heterocycles. The Morgan fingerprint density at radius 3 is 2.57 bits per heavy atom. The maximum atomic E-state index is 12.9. The molecule has 0 bridgehead atoms. The van der Waals surface area contributed by atoms with Gasteiger partial charge in [0.05, 0.1) is 23.5 Å². The van der Waals surface area contributed by atoms with Gasteiger partial charge in [0, 0.05) is 12.7 Å². The number of carbonyl (C=O) groups is 3. The number of carbonyl (C=O) groups excluding carboxylic acids is 3. The number of aromatic nitrogens is 1. The molecule has 2 heterocycles. The van der Waals surface area contributed by atoms with E-state index in [4.69, 9.17) is 5.73 Å². The number of hydrogen-bond acceptors (Lipinski definition) is 5. The maximum Gasteiger partial charge on any atom is 0.313 e. The summed E-state index contributed by atoms with van der Waals surface area (Å²) in [5, 5.41) is 12.0. The molecule has 2 unspecified atom stereocenters. The summed E-state index contributed by atoms with van der Waals surface area (Å²) in [6, 6.07) is 7.78. The van der Waals surface area contributed by atoms with Crippen LogP contribution in [0.3, 0.4) is 0 Å². The third-order valence-corrected chi connectivity index (χ3v) is 4.83. The van der Waals surface area contributed by atoms with Crippen LogP contribution in [0.2, 0.25) is 0 Å². The molecule has 0 aliphatic carbocycles. The van der Waals surface area contributed by atoms with Crippen LogP contribution in [0.15, 0.2) is 42.7 Å². The van der Waals surface area contributed by atoms with E-state index in [2.05, 4.69) is 10.3 Å². The summed E-state index contributed by atoms with van der Waals surface area (Å²) in [7, 11) is 0. The fraction of sp³-hybridized carbons (Fsp3) is 0.300. The van der Waals surface area contributed by atoms with E-state index in [0.29, 0.717) is 6.54 Å². The van der Waals surface area contributed by atoms with Crippen LogP contribution in [0.4, 0.5) is 5.69 Å². The first-order valence-corrected chi connectivity index (χ1v) is 9.01. The Bertz CT molecular complexity index is 897. The normalized spacial score (nSPS) is 19.1. The molecular weight excluding hydrogens is 360 g/mol. The van der Waals surface area contributed by atoms with Crippen LogP contribution in [-0.4, -0.2) is 39.3 Å². The number of piperidine rings is 1. The molecule has 8 nitrogen and oxygen atoms in total. The Hall–Kier alpha value is -3.42. The van der Waals surface area contributed by atoms with E-state index in [1.165, 1.54) is 18.5 Å². The van der Waals surface area contributed by atoms with Gasteiger partial charge in [0.2, 0.25) is 5.91 Å². The molecule has 0 radical (unpaired) electrons. The van der Waals surface area contributed by atoms with Gasteiger partial charge in [-0.05, 0) is 42.5 Å². The molecule has 1 aliphatic rings. The molecule has 2 atom stereocenters. The monoisotopic (exact) mass is 382 g/mol. The molecule has 0 spiro atoms. The van der Waals surface area contributed by atoms with Crippen LogP contribution >= 0.6 is 0 Å². The van der Waals surface area contributed by atoms with E-state index < -0.39 is 17.7 Å². The van der Waals surface area contributed by atoms with Gasteiger partial charge in [0.1, 0.15) is 5.75 Å². The fourth-order valence-electron chi connectivity index (χ4n) is 3.38. The lowest BCUT2D eigenvalue weighted by atomic mass is 9.90. The summed E-state index contributed by atoms with van der Waals surface area (Å²) in [4.78, 5) is 42.1. The highest BCUT2D eigenvalue weighted by Gasteiger charge is 2.34. The number of phenols is 1. The highest BCUT2D eigenvalue weighted by atomic mass is 16.3. The first-order valence-electron chi connectivity index (χ1n) is 9.01. The number of primary amides is 1. The second kappa shape index (κ2) is 8.08. The standard InChI is InChI=1S/C20H22N4O4/c1-12-2-7-17(13-3-5-16(25)6-4-13)24(11-12)20(28)19(27)23-15-8-14(18(21)26)9-22-10-15/h3-6,8-10,12,17,25H,2,7,11H2,1H3,(H2,21,26)(H,23,27). The molecule has 3 rings (SSSR count). The maximum absolute atomic E-state index is 12.9. The zero-order chi connectivity index (χ0) is 20.3. The quantitative estimate of drug-likeness (QED) is 0.698. The number of pyridine rings is 1. The summed E-state index contributed by atoms with van der Waals surface area (Å²) >= 11 is 0. The molecule has 1 aromatic heterocycles. The Morgan fingerprint density at radius 2 is 1.89 bits per heavy atom. The Labute approximate surface area is 162 Å². The van der Waals surface area contributed by atoms with Crippen molar-refractivity contribution in [2.24, 2.45) is 11.7 Å². The summed E-state index contributed by atoms with van der Waals surface area (Å²) in [6.07, 6.45) is 4.28. The van der Waals surface area contributed by atoms with Crippen molar-refractivity contribution in [1.29, 1.82) is 0 Å². The summed E-state index contributed by atoms with van der Waals surface area (Å²) < 4.78 is 0. The fourth-order valence-corrected chi connectivity index (χ4v) is 3.38. The molecule has 1 saturated heterocycles. The minimum Gasteiger partial charge on any atom is -0.508 e. The predicted octanol–water partition coefficient (Wildman–Crippen LogP) is 1.82. The zero-order valence-corrected chi connectivity index (χ0v) is 15.5. The molecular formula is C20H22N4O4. The van der Waals surface area contributed by atoms with Crippen molar-refractivity contribution in [3.8, 4) is 5.75 Å². The first-order chi connectivity index (χ1) is 13.3. The largest absolute Gasteiger partial charge is 0.508 e. The van der Waals surface area contributed by atoms with Gasteiger partial charge < -0.3 is 21.1 Å². The lowest BCUT2D eigenvalue weighted by molar-refractivity contribution is -0.146. The zero-order valence-electron chi connectivity index (χ0n) is 15.5. The highest BCUT2D eigenvalue weighted by Crippen LogP contribution is 2.34. The highest BCUT2D eigenvalue weighted by molar-refractivity contribution is 6.39. The number of likely N-dealkylation sites (tertiary alicyclic amines) is 1. The van der Waals surface area contributed by atoms with Gasteiger partial charge in [0.25, 0.3) is 0 Å². The second-order valence-electron chi connectivity index (χ2n) is 7.03. The number of nitrogens with one attached hydrogen (secondary N) is 1. The van der Waals surface area contributed by atoms with Crippen LogP contribution in [0, 0.1) is 5.92 Å². The van der Waals surface area contributed by atoms with Gasteiger partial charge in [-0.2, -0.15) is 0 Å². The molecule has 2 aromatic rings. The number of hydrogen-bond donors (Lipinski definition) is 3. The number of aromatic hydroxyl groups is 1. The van der Waals surface area contributed by atoms with Crippen molar-refractivity contribution >= 4 is 23.4 Å². The topological polar surface area (TPSA) is 126 Å². The van der Waals surface area contributed by atoms with Crippen molar-refractivity contribution in [1.82, 2.24) is 9.88 Å². The van der Waals surface area contributed by atoms with Crippen LogP contribution < -0.4 is 11.1 Å². The third-order valence-electron chi connectivity index (χ3n) is 4.83. The minimum atomic E-state index is -0.804. The average Bonchev–Trinajstić information content (AvgIpc) is 2.68. The number of benzene rings is 1. The lowest BCUT2D eigenvalue weighted by Crippen LogP contribution is -2.46. The van der Waals surface area contributed by atoms with Gasteiger partial charge in [-0.25, -0.2) is 0 Å². The molecule has 1 aromatic carbocycles. The molecule has 28 heavy (non-hydrogen) atoms. The van der Waals surface area contributed by atoms with Gasteiger partial charge in [-0.3, -0.25) is 19.4 Å². The Balaban J connectivity index is 1.79. The second-order valence-corrected chi connectivity index (χ2v) is 7.03. The Morgan fingerprint density at radius 1 is 1.18 bits per heavy atom. The predicted molar refractivity (Wildman–Crippen MR) is 102 cm³/mol. The van der Waals surface area contributed by atoms with Crippen molar-refractivity contribution < 1.29 is 19.5 Å². The van der Waals surface area contributed by atoms with Crippen molar-refractivity contribution in [3.63, 3.8) is 0 Å². The summed E-state index contributed by atoms with van der Waals surface area (Å²) in [5.74, 6) is -1.72. The number of rotatable bonds is 3. The van der Waals surface area contributed by atoms with Crippen molar-refractivity contribution in [2.75, 3.05) is 11.9 Å². The average molecular weight is 382 g/mol. The summed E-state index contributed by atoms with van der Waals surface area (Å²) in [6.45, 7) is 2.49. The van der Waals surface area contributed by atoms with E-state index in [-0.39, 0.29) is 29.0 Å². The number of nitrogens with two attached hydrogens (primary N) is 1. The SMILES string of the molecule is CC1CCC(c2ccc(O)cc2)N(C(=O)C(=O)Nc2cncc(C(N)=O)c2)C1. The van der Waals surface area contributed by atoms with E-state index in [1.807, 2.05) is 6.92 Å². The van der Waals surface area contributed by atoms with E-state index in [1.54, 1.807) is 29.2 Å². The van der Waals surface area contributed by atoms with Crippen LogP contribution in [-0.2, 0) is 9.59 Å². The minimum absolute atomic E-state index is 0.138. The first kappa shape index (κ1) is 19.3. The summed E-state index contributed by atoms with van der Waals surface area (Å²) in [5.41, 5.74) is 6.44. The molecule has 1 fully saturated rings. The van der Waals surface area contributed by atoms with Crippen molar-refractivity contribution in [3.05, 3.63) is 53.9 Å². The number of anilines is 1. The van der Waals surface area contributed by atoms with E-state index in [9.17, 15) is 19.5 Å². The Kier molecular flexibility index (Phi) is 5.58. The van der Waals surface area contributed by atoms with Gasteiger partial charge in [0.15, 0.2) is 0 Å². The van der Waals surface area contributed by atoms with Gasteiger partial charge >= 0.3 is 11.8 Å². The number of phenolic OH excluding ortho intramolecular Hbond substituents is 1. The van der Waals surface area contributed by atoms with E-state index >= 15 is 0 Å². The van der Waals surface area contributed by atoms with Crippen LogP contribution in [0.1, 0.15) is 41.7 Å². The smallest absolute Gasteiger partial charge is 0.313 e. The number of amides is 3. The van der Waals surface area contributed by atoms with Gasteiger partial charge in [-0.1, -0.05) is 19.1 Å². The van der Waals surface area contributed by atoms with Crippen LogP contribution in [0.25, 0.3) is 0 Å². The lowest BCUT2D eigenvalue weighted by Gasteiger charge is -2.38. The van der Waals surface area contributed by atoms with E-state index in [0.717, 1.165) is 18.4 Å². The molecule has 0 saturated carbocycles. The number of nitrogens with zero attached hydrogens (tertiary/aromatic N) is 2. The molecule has 8 heteroatoms.